The third-order valence-electron chi connectivity index (χ3n) is 6.01. The first-order valence-corrected chi connectivity index (χ1v) is 13.5. The van der Waals surface area contributed by atoms with Crippen molar-refractivity contribution >= 4 is 43.5 Å². The van der Waals surface area contributed by atoms with E-state index < -0.39 is 15.9 Å². The number of carbonyl (C=O) groups is 2. The van der Waals surface area contributed by atoms with E-state index in [0.29, 0.717) is 24.2 Å². The lowest BCUT2D eigenvalue weighted by Crippen LogP contribution is -2.40. The third-order valence-corrected chi connectivity index (χ3v) is 9.02. The zero-order valence-corrected chi connectivity index (χ0v) is 21.4. The average Bonchev–Trinajstić information content (AvgIpc) is 3.19. The highest BCUT2D eigenvalue weighted by Crippen LogP contribution is 2.27. The van der Waals surface area contributed by atoms with Gasteiger partial charge >= 0.3 is 5.97 Å². The van der Waals surface area contributed by atoms with Gasteiger partial charge in [0.05, 0.1) is 29.2 Å². The van der Waals surface area contributed by atoms with Crippen LogP contribution in [0, 0.1) is 5.92 Å². The second-order valence-electron chi connectivity index (χ2n) is 8.12. The summed E-state index contributed by atoms with van der Waals surface area (Å²) in [5, 5.41) is 0. The van der Waals surface area contributed by atoms with E-state index >= 15 is 0 Å². The first kappa shape index (κ1) is 25.1. The lowest BCUT2D eigenvalue weighted by atomic mass is 9.99. The van der Waals surface area contributed by atoms with Gasteiger partial charge in [-0.2, -0.15) is 9.30 Å². The number of methoxy groups -OCH3 is 1. The van der Waals surface area contributed by atoms with E-state index in [1.807, 2.05) is 36.7 Å². The second kappa shape index (κ2) is 10.3. The maximum atomic E-state index is 13.0. The number of aromatic nitrogens is 1. The molecule has 1 aliphatic rings. The summed E-state index contributed by atoms with van der Waals surface area (Å²) in [4.78, 5) is 29.4. The van der Waals surface area contributed by atoms with Crippen LogP contribution in [-0.2, 0) is 26.6 Å². The van der Waals surface area contributed by atoms with Crippen molar-refractivity contribution in [1.29, 1.82) is 0 Å². The Morgan fingerprint density at radius 2 is 1.80 bits per heavy atom. The molecule has 1 amide bonds. The molecular weight excluding hydrogens is 490 g/mol. The number of amides is 1. The zero-order valence-electron chi connectivity index (χ0n) is 19.8. The number of esters is 1. The predicted octanol–water partition coefficient (Wildman–Crippen LogP) is 2.95. The van der Waals surface area contributed by atoms with Crippen LogP contribution in [0.3, 0.4) is 0 Å². The molecule has 35 heavy (non-hydrogen) atoms. The molecule has 0 N–H and O–H groups in total. The lowest BCUT2D eigenvalue weighted by molar-refractivity contribution is -0.146. The molecule has 3 aromatic rings. The molecule has 2 aromatic carbocycles. The first-order chi connectivity index (χ1) is 16.8. The third kappa shape index (κ3) is 5.02. The highest BCUT2D eigenvalue weighted by Gasteiger charge is 2.32. The molecular formula is C24H27N3O6S2. The largest absolute Gasteiger partial charge is 0.492 e. The van der Waals surface area contributed by atoms with Crippen molar-refractivity contribution in [2.75, 3.05) is 26.8 Å². The van der Waals surface area contributed by atoms with E-state index in [9.17, 15) is 18.0 Å². The van der Waals surface area contributed by atoms with Crippen molar-refractivity contribution in [2.45, 2.75) is 24.7 Å². The Bertz CT molecular complexity index is 1420. The van der Waals surface area contributed by atoms with Crippen molar-refractivity contribution in [1.82, 2.24) is 8.87 Å². The number of thiazole rings is 1. The Balaban J connectivity index is 1.54. The number of nitrogens with zero attached hydrogens (tertiary/aromatic N) is 3. The SMILES string of the molecule is CCOc1cccc2sc(=NC(=O)c3ccc(S(=O)(=O)N4CCC(C(=O)OC)CC4)cc3)n(C)c12. The number of aryl methyl sites for hydroxylation is 1. The number of fused-ring (bicyclic) bond motifs is 1. The Hall–Kier alpha value is -3.02. The fourth-order valence-corrected chi connectivity index (χ4v) is 6.62. The van der Waals surface area contributed by atoms with Gasteiger partial charge in [0, 0.05) is 25.7 Å². The van der Waals surface area contributed by atoms with Crippen LogP contribution in [0.5, 0.6) is 5.75 Å². The van der Waals surface area contributed by atoms with Crippen LogP contribution in [0.15, 0.2) is 52.4 Å². The molecule has 186 valence electrons. The van der Waals surface area contributed by atoms with Crippen LogP contribution in [0.25, 0.3) is 10.2 Å². The minimum Gasteiger partial charge on any atom is -0.492 e. The van der Waals surface area contributed by atoms with Gasteiger partial charge in [-0.05, 0) is 56.2 Å². The molecule has 0 bridgehead atoms. The van der Waals surface area contributed by atoms with Gasteiger partial charge in [0.2, 0.25) is 10.0 Å². The highest BCUT2D eigenvalue weighted by molar-refractivity contribution is 7.89. The second-order valence-corrected chi connectivity index (χ2v) is 11.1. The Labute approximate surface area is 207 Å². The summed E-state index contributed by atoms with van der Waals surface area (Å²) in [6.45, 7) is 2.92. The van der Waals surface area contributed by atoms with Crippen LogP contribution >= 0.6 is 11.3 Å². The number of para-hydroxylation sites is 1. The molecule has 9 nitrogen and oxygen atoms in total. The van der Waals surface area contributed by atoms with Gasteiger partial charge in [-0.3, -0.25) is 9.59 Å². The molecule has 0 atom stereocenters. The van der Waals surface area contributed by atoms with Crippen LogP contribution in [-0.4, -0.2) is 56.0 Å². The number of rotatable bonds is 6. The molecule has 11 heteroatoms. The highest BCUT2D eigenvalue weighted by atomic mass is 32.2. The van der Waals surface area contributed by atoms with Crippen LogP contribution < -0.4 is 9.54 Å². The van der Waals surface area contributed by atoms with Crippen molar-refractivity contribution in [3.05, 3.63) is 52.8 Å². The summed E-state index contributed by atoms with van der Waals surface area (Å²) in [6.07, 6.45) is 0.830. The minimum atomic E-state index is -3.73. The summed E-state index contributed by atoms with van der Waals surface area (Å²) in [6, 6.07) is 11.5. The molecule has 1 aliphatic heterocycles. The lowest BCUT2D eigenvalue weighted by Gasteiger charge is -2.29. The molecule has 0 aliphatic carbocycles. The number of hydrogen-bond acceptors (Lipinski definition) is 7. The number of sulfonamides is 1. The number of piperidine rings is 1. The summed E-state index contributed by atoms with van der Waals surface area (Å²) < 4.78 is 40.6. The summed E-state index contributed by atoms with van der Waals surface area (Å²) in [5.41, 5.74) is 1.15. The topological polar surface area (TPSA) is 107 Å². The molecule has 1 saturated heterocycles. The van der Waals surface area contributed by atoms with E-state index in [4.69, 9.17) is 9.47 Å². The van der Waals surface area contributed by atoms with Gasteiger partial charge < -0.3 is 14.0 Å². The predicted molar refractivity (Wildman–Crippen MR) is 132 cm³/mol. The van der Waals surface area contributed by atoms with Gasteiger partial charge in [-0.15, -0.1) is 0 Å². The Kier molecular flexibility index (Phi) is 7.39. The Morgan fingerprint density at radius 1 is 1.11 bits per heavy atom. The Morgan fingerprint density at radius 3 is 2.43 bits per heavy atom. The van der Waals surface area contributed by atoms with Crippen LogP contribution in [0.4, 0.5) is 0 Å². The molecule has 0 spiro atoms. The van der Waals surface area contributed by atoms with E-state index in [-0.39, 0.29) is 35.4 Å². The van der Waals surface area contributed by atoms with E-state index in [0.717, 1.165) is 16.0 Å². The van der Waals surface area contributed by atoms with Crippen molar-refractivity contribution in [2.24, 2.45) is 18.0 Å². The van der Waals surface area contributed by atoms with Gasteiger partial charge in [-0.1, -0.05) is 17.4 Å². The van der Waals surface area contributed by atoms with Gasteiger partial charge in [0.15, 0.2) is 4.80 Å². The maximum absolute atomic E-state index is 13.0. The zero-order chi connectivity index (χ0) is 25.2. The smallest absolute Gasteiger partial charge is 0.308 e. The molecule has 0 unspecified atom stereocenters. The number of hydrogen-bond donors (Lipinski definition) is 0. The van der Waals surface area contributed by atoms with E-state index in [1.165, 1.54) is 47.0 Å². The fraction of sp³-hybridized carbons (Fsp3) is 0.375. The van der Waals surface area contributed by atoms with Crippen LogP contribution in [0.1, 0.15) is 30.1 Å². The fourth-order valence-electron chi connectivity index (χ4n) is 4.12. The monoisotopic (exact) mass is 517 g/mol. The summed E-state index contributed by atoms with van der Waals surface area (Å²) in [5.74, 6) is -0.335. The summed E-state index contributed by atoms with van der Waals surface area (Å²) in [7, 11) is -0.571. The summed E-state index contributed by atoms with van der Waals surface area (Å²) >= 11 is 1.38. The van der Waals surface area contributed by atoms with Crippen LogP contribution in [0.2, 0.25) is 0 Å². The van der Waals surface area contributed by atoms with E-state index in [1.54, 1.807) is 0 Å². The van der Waals surface area contributed by atoms with Crippen molar-refractivity contribution in [3.8, 4) is 5.75 Å². The van der Waals surface area contributed by atoms with Crippen molar-refractivity contribution < 1.29 is 27.5 Å². The quantitative estimate of drug-likeness (QED) is 0.466. The maximum Gasteiger partial charge on any atom is 0.308 e. The molecule has 1 fully saturated rings. The molecule has 0 radical (unpaired) electrons. The number of ether oxygens (including phenoxy) is 2. The first-order valence-electron chi connectivity index (χ1n) is 11.2. The van der Waals surface area contributed by atoms with Gasteiger partial charge in [0.1, 0.15) is 11.3 Å². The normalized spacial score (nSPS) is 15.9. The minimum absolute atomic E-state index is 0.0966. The average molecular weight is 518 g/mol. The van der Waals surface area contributed by atoms with Gasteiger partial charge in [-0.25, -0.2) is 8.42 Å². The van der Waals surface area contributed by atoms with Gasteiger partial charge in [0.25, 0.3) is 5.91 Å². The molecule has 0 saturated carbocycles. The molecule has 2 heterocycles. The number of carbonyl (C=O) groups excluding carboxylic acids is 2. The molecule has 4 rings (SSSR count). The number of benzene rings is 2. The van der Waals surface area contributed by atoms with E-state index in [2.05, 4.69) is 4.99 Å². The molecule has 1 aromatic heterocycles. The standard InChI is InChI=1S/C24H27N3O6S2/c1-4-33-19-6-5-7-20-21(19)26(2)24(34-20)25-22(28)16-8-10-18(11-9-16)35(30,31)27-14-12-17(13-15-27)23(29)32-3/h5-11,17H,4,12-15H2,1-3H3. The van der Waals surface area contributed by atoms with Crippen molar-refractivity contribution in [3.63, 3.8) is 0 Å².